The zero-order valence-electron chi connectivity index (χ0n) is 27.0. The fraction of sp³-hybridized carbons (Fsp3) is 0.735. The van der Waals surface area contributed by atoms with Gasteiger partial charge in [0.1, 0.15) is 35.9 Å². The topological polar surface area (TPSA) is 127 Å². The molecule has 0 radical (unpaired) electrons. The SMILES string of the molecule is CCCCCC1(CCCCC)O[C@@H]2[C@H](O1)[C@H]1ON(Cc3ccc(I)cc3)[C@@H]3C(=O)O[C@@H]2C[C@]13C(=O)N1CCC[C@@H]1C(=O)NCCO. The van der Waals surface area contributed by atoms with Crippen molar-refractivity contribution in [3.05, 3.63) is 33.4 Å². The van der Waals surface area contributed by atoms with Crippen molar-refractivity contribution in [3.8, 4) is 0 Å². The number of nitrogens with one attached hydrogen (secondary N) is 1. The number of nitrogens with zero attached hydrogens (tertiary/aromatic N) is 2. The van der Waals surface area contributed by atoms with Crippen LogP contribution in [0, 0.1) is 8.99 Å². The van der Waals surface area contributed by atoms with Crippen LogP contribution < -0.4 is 5.32 Å². The predicted octanol–water partition coefficient (Wildman–Crippen LogP) is 3.83. The van der Waals surface area contributed by atoms with Crippen molar-refractivity contribution in [2.75, 3.05) is 19.7 Å². The summed E-state index contributed by atoms with van der Waals surface area (Å²) in [6, 6.07) is 6.30. The van der Waals surface area contributed by atoms with E-state index >= 15 is 4.79 Å². The Morgan fingerprint density at radius 3 is 2.41 bits per heavy atom. The lowest BCUT2D eigenvalue weighted by molar-refractivity contribution is -0.225. The normalized spacial score (nSPS) is 32.8. The highest BCUT2D eigenvalue weighted by Crippen LogP contribution is 2.59. The van der Waals surface area contributed by atoms with Gasteiger partial charge in [0.25, 0.3) is 0 Å². The standard InChI is InChI=1S/C34H48IN3O8/c1-3-5-7-15-33(16-8-6-4-2)44-26-25-20-34(32(42)37-18-9-10-24(37)30(40)36-17-19-39)28(31(41)43-25)38(46-29(34)27(26)45-33)21-22-11-13-23(35)14-12-22/h11-14,24-29,39H,3-10,15-21H2,1-2H3,(H,36,40)/t24-,25-,26+,27+,28-,29-,34-/m1/s1. The third kappa shape index (κ3) is 6.22. The average Bonchev–Trinajstić information content (AvgIpc) is 3.77. The molecular formula is C34H48IN3O8. The van der Waals surface area contributed by atoms with Gasteiger partial charge in [-0.1, -0.05) is 51.7 Å². The lowest BCUT2D eigenvalue weighted by Gasteiger charge is -2.50. The molecule has 4 aliphatic heterocycles. The fourth-order valence-electron chi connectivity index (χ4n) is 8.29. The second-order valence-corrected chi connectivity index (χ2v) is 14.8. The number of ether oxygens (including phenoxy) is 3. The molecule has 12 heteroatoms. The molecular weight excluding hydrogens is 705 g/mol. The molecule has 5 aliphatic rings. The maximum Gasteiger partial charge on any atom is 0.327 e. The first-order valence-electron chi connectivity index (χ1n) is 17.2. The third-order valence-electron chi connectivity index (χ3n) is 10.5. The second-order valence-electron chi connectivity index (χ2n) is 13.5. The molecule has 4 saturated heterocycles. The third-order valence-corrected chi connectivity index (χ3v) is 11.2. The average molecular weight is 754 g/mol. The van der Waals surface area contributed by atoms with Crippen molar-refractivity contribution >= 4 is 40.4 Å². The molecule has 0 aromatic heterocycles. The van der Waals surface area contributed by atoms with Gasteiger partial charge in [-0.15, -0.1) is 0 Å². The van der Waals surface area contributed by atoms with E-state index < -0.39 is 53.7 Å². The molecule has 0 unspecified atom stereocenters. The van der Waals surface area contributed by atoms with Crippen molar-refractivity contribution in [2.45, 2.75) is 133 Å². The molecule has 1 aromatic carbocycles. The number of fused-ring (bicyclic) bond motifs is 4. The quantitative estimate of drug-likeness (QED) is 0.166. The van der Waals surface area contributed by atoms with Crippen molar-refractivity contribution < 1.29 is 38.5 Å². The van der Waals surface area contributed by atoms with E-state index in [-0.39, 0.29) is 37.9 Å². The number of hydrogen-bond acceptors (Lipinski definition) is 9. The van der Waals surface area contributed by atoms with E-state index in [2.05, 4.69) is 41.8 Å². The van der Waals surface area contributed by atoms with Gasteiger partial charge in [-0.25, -0.2) is 0 Å². The fourth-order valence-corrected chi connectivity index (χ4v) is 8.65. The highest BCUT2D eigenvalue weighted by atomic mass is 127. The number of benzene rings is 1. The van der Waals surface area contributed by atoms with Gasteiger partial charge < -0.3 is 29.5 Å². The van der Waals surface area contributed by atoms with Gasteiger partial charge in [-0.2, -0.15) is 5.06 Å². The van der Waals surface area contributed by atoms with Gasteiger partial charge in [0.05, 0.1) is 13.2 Å². The van der Waals surface area contributed by atoms with Crippen LogP contribution in [0.4, 0.5) is 0 Å². The summed E-state index contributed by atoms with van der Waals surface area (Å²) in [5, 5.41) is 13.7. The number of carbonyl (C=O) groups excluding carboxylic acids is 3. The number of esters is 1. The largest absolute Gasteiger partial charge is 0.458 e. The van der Waals surface area contributed by atoms with E-state index in [0.29, 0.717) is 19.4 Å². The lowest BCUT2D eigenvalue weighted by atomic mass is 9.62. The number of carbonyl (C=O) groups is 3. The molecule has 1 aromatic rings. The molecule has 11 nitrogen and oxygen atoms in total. The molecule has 5 fully saturated rings. The minimum atomic E-state index is -1.31. The monoisotopic (exact) mass is 753 g/mol. The molecule has 2 amide bonds. The van der Waals surface area contributed by atoms with Crippen molar-refractivity contribution in [1.29, 1.82) is 0 Å². The summed E-state index contributed by atoms with van der Waals surface area (Å²) in [5.41, 5.74) is -0.371. The maximum absolute atomic E-state index is 15.0. The van der Waals surface area contributed by atoms with Crippen molar-refractivity contribution in [3.63, 3.8) is 0 Å². The lowest BCUT2D eigenvalue weighted by Crippen LogP contribution is -2.70. The molecule has 0 spiro atoms. The first-order valence-corrected chi connectivity index (χ1v) is 18.3. The summed E-state index contributed by atoms with van der Waals surface area (Å²) < 4.78 is 21.1. The van der Waals surface area contributed by atoms with E-state index in [1.807, 2.05) is 24.3 Å². The van der Waals surface area contributed by atoms with Crippen LogP contribution in [0.15, 0.2) is 24.3 Å². The van der Waals surface area contributed by atoms with Crippen LogP contribution in [0.3, 0.4) is 0 Å². The highest BCUT2D eigenvalue weighted by Gasteiger charge is 2.77. The predicted molar refractivity (Wildman–Crippen MR) is 176 cm³/mol. The Labute approximate surface area is 285 Å². The van der Waals surface area contributed by atoms with Gasteiger partial charge in [-0.05, 0) is 66.0 Å². The van der Waals surface area contributed by atoms with Gasteiger partial charge in [0.2, 0.25) is 11.8 Å². The van der Waals surface area contributed by atoms with E-state index in [9.17, 15) is 14.7 Å². The summed E-state index contributed by atoms with van der Waals surface area (Å²) in [4.78, 5) is 50.6. The Morgan fingerprint density at radius 2 is 1.74 bits per heavy atom. The molecule has 6 rings (SSSR count). The van der Waals surface area contributed by atoms with E-state index in [1.54, 1.807) is 9.96 Å². The molecule has 2 bridgehead atoms. The molecule has 46 heavy (non-hydrogen) atoms. The number of hydrogen-bond donors (Lipinski definition) is 2. The number of amides is 2. The van der Waals surface area contributed by atoms with Crippen molar-refractivity contribution in [1.82, 2.24) is 15.3 Å². The van der Waals surface area contributed by atoms with Gasteiger partial charge in [0.15, 0.2) is 11.8 Å². The van der Waals surface area contributed by atoms with Crippen LogP contribution in [0.1, 0.15) is 90.0 Å². The number of aliphatic hydroxyl groups excluding tert-OH is 1. The van der Waals surface area contributed by atoms with Crippen LogP contribution >= 0.6 is 22.6 Å². The number of hydroxylamine groups is 2. The van der Waals surface area contributed by atoms with Gasteiger partial charge in [0, 0.05) is 35.9 Å². The van der Waals surface area contributed by atoms with Crippen molar-refractivity contribution in [2.24, 2.45) is 5.41 Å². The number of unbranched alkanes of at least 4 members (excludes halogenated alkanes) is 4. The van der Waals surface area contributed by atoms with E-state index in [4.69, 9.17) is 19.0 Å². The first kappa shape index (κ1) is 34.0. The smallest absolute Gasteiger partial charge is 0.327 e. The Bertz CT molecular complexity index is 1260. The van der Waals surface area contributed by atoms with Crippen LogP contribution in [-0.4, -0.2) is 94.8 Å². The zero-order valence-corrected chi connectivity index (χ0v) is 29.1. The number of likely N-dealkylation sites (tertiary alicyclic amines) is 1. The molecule has 7 atom stereocenters. The Morgan fingerprint density at radius 1 is 1.04 bits per heavy atom. The molecule has 1 saturated carbocycles. The summed E-state index contributed by atoms with van der Waals surface area (Å²) in [5.74, 6) is -1.91. The van der Waals surface area contributed by atoms with E-state index in [0.717, 1.165) is 60.5 Å². The maximum atomic E-state index is 15.0. The van der Waals surface area contributed by atoms with Crippen LogP contribution in [-0.2, 0) is 40.0 Å². The van der Waals surface area contributed by atoms with Crippen LogP contribution in [0.25, 0.3) is 0 Å². The minimum Gasteiger partial charge on any atom is -0.458 e. The highest BCUT2D eigenvalue weighted by molar-refractivity contribution is 14.1. The Balaban J connectivity index is 1.37. The molecule has 4 heterocycles. The summed E-state index contributed by atoms with van der Waals surface area (Å²) in [6.45, 7) is 4.95. The van der Waals surface area contributed by atoms with Crippen LogP contribution in [0.5, 0.6) is 0 Å². The summed E-state index contributed by atoms with van der Waals surface area (Å²) in [7, 11) is 0. The molecule has 1 aliphatic carbocycles. The second kappa shape index (κ2) is 14.3. The first-order chi connectivity index (χ1) is 22.3. The zero-order chi connectivity index (χ0) is 32.5. The van der Waals surface area contributed by atoms with Gasteiger partial charge >= 0.3 is 5.97 Å². The number of rotatable bonds is 14. The molecule has 2 N–H and O–H groups in total. The Hall–Kier alpha value is -1.84. The molecule has 254 valence electrons. The van der Waals surface area contributed by atoms with Crippen LogP contribution in [0.2, 0.25) is 0 Å². The summed E-state index contributed by atoms with van der Waals surface area (Å²) >= 11 is 2.25. The Kier molecular flexibility index (Phi) is 10.6. The minimum absolute atomic E-state index is 0.113. The number of halogens is 1. The van der Waals surface area contributed by atoms with Gasteiger partial charge in [-0.3, -0.25) is 19.2 Å². The summed E-state index contributed by atoms with van der Waals surface area (Å²) in [6.07, 6.45) is 6.37. The number of aliphatic hydroxyl groups is 1. The van der Waals surface area contributed by atoms with E-state index in [1.165, 1.54) is 0 Å².